The number of nitrogens with two attached hydrogens (primary N) is 1. The molecule has 3 aliphatic rings. The highest BCUT2D eigenvalue weighted by molar-refractivity contribution is 5.95. The van der Waals surface area contributed by atoms with Gasteiger partial charge in [-0.25, -0.2) is 4.98 Å². The summed E-state index contributed by atoms with van der Waals surface area (Å²) in [6.07, 6.45) is 16.4. The fourth-order valence-electron chi connectivity index (χ4n) is 4.26. The third-order valence-electron chi connectivity index (χ3n) is 5.38. The minimum absolute atomic E-state index is 0.0307. The monoisotopic (exact) mass is 313 g/mol. The minimum Gasteiger partial charge on any atom is -0.366 e. The van der Waals surface area contributed by atoms with Gasteiger partial charge in [-0.05, 0) is 38.0 Å². The number of piperidine rings is 1. The molecule has 6 nitrogen and oxygen atoms in total. The molecule has 2 N–H and O–H groups in total. The molecule has 0 aromatic carbocycles. The van der Waals surface area contributed by atoms with Crippen molar-refractivity contribution in [1.29, 1.82) is 0 Å². The first kappa shape index (κ1) is 14.5. The minimum atomic E-state index is -0.378. The molecule has 23 heavy (non-hydrogen) atoms. The first-order valence-electron chi connectivity index (χ1n) is 8.43. The van der Waals surface area contributed by atoms with E-state index in [0.29, 0.717) is 17.7 Å². The Kier molecular flexibility index (Phi) is 3.69. The quantitative estimate of drug-likeness (QED) is 0.912. The molecular weight excluding hydrogens is 290 g/mol. The summed E-state index contributed by atoms with van der Waals surface area (Å²) in [6, 6.07) is 1.09. The van der Waals surface area contributed by atoms with E-state index in [2.05, 4.69) is 14.8 Å². The van der Waals surface area contributed by atoms with Gasteiger partial charge in [-0.1, -0.05) is 6.42 Å². The first-order chi connectivity index (χ1) is 11.2. The van der Waals surface area contributed by atoms with Gasteiger partial charge in [-0.3, -0.25) is 9.69 Å². The summed E-state index contributed by atoms with van der Waals surface area (Å²) in [5, 5.41) is 0. The molecule has 4 heterocycles. The van der Waals surface area contributed by atoms with Crippen LogP contribution in [-0.4, -0.2) is 50.4 Å². The summed E-state index contributed by atoms with van der Waals surface area (Å²) in [4.78, 5) is 20.7. The molecule has 122 valence electrons. The third-order valence-corrected chi connectivity index (χ3v) is 5.38. The smallest absolute Gasteiger partial charge is 0.248 e. The average molecular weight is 313 g/mol. The zero-order valence-electron chi connectivity index (χ0n) is 13.2. The third kappa shape index (κ3) is 2.57. The standard InChI is InChI=1S/C17H23N5O/c18-17(23)13-4-9-22(16(11-13)21-10-6-19-12-21)15-5-8-20-7-2-1-3-14(15)20/h4,6,9-12,14-16H,1-3,5,7-8H2,(H2,18,23). The van der Waals surface area contributed by atoms with Crippen LogP contribution in [0.3, 0.4) is 0 Å². The zero-order chi connectivity index (χ0) is 15.8. The van der Waals surface area contributed by atoms with Gasteiger partial charge < -0.3 is 15.2 Å². The molecule has 0 aliphatic carbocycles. The lowest BCUT2D eigenvalue weighted by Crippen LogP contribution is -2.47. The molecule has 4 rings (SSSR count). The maximum absolute atomic E-state index is 11.6. The normalized spacial score (nSPS) is 31.0. The number of fused-ring (bicyclic) bond motifs is 1. The highest BCUT2D eigenvalue weighted by atomic mass is 16.1. The van der Waals surface area contributed by atoms with Crippen LogP contribution in [0.5, 0.6) is 0 Å². The Morgan fingerprint density at radius 2 is 2.13 bits per heavy atom. The summed E-state index contributed by atoms with van der Waals surface area (Å²) >= 11 is 0. The largest absolute Gasteiger partial charge is 0.366 e. The number of rotatable bonds is 3. The van der Waals surface area contributed by atoms with Gasteiger partial charge in [0.1, 0.15) is 6.17 Å². The highest BCUT2D eigenvalue weighted by Gasteiger charge is 2.40. The predicted molar refractivity (Wildman–Crippen MR) is 87.1 cm³/mol. The van der Waals surface area contributed by atoms with E-state index in [1.807, 2.05) is 29.1 Å². The van der Waals surface area contributed by atoms with Crippen LogP contribution in [0, 0.1) is 0 Å². The van der Waals surface area contributed by atoms with Crippen molar-refractivity contribution in [2.45, 2.75) is 43.9 Å². The van der Waals surface area contributed by atoms with E-state index in [1.54, 1.807) is 12.5 Å². The number of hydrogen-bond acceptors (Lipinski definition) is 4. The van der Waals surface area contributed by atoms with Crippen molar-refractivity contribution in [1.82, 2.24) is 19.4 Å². The van der Waals surface area contributed by atoms with E-state index in [4.69, 9.17) is 5.73 Å². The van der Waals surface area contributed by atoms with Crippen molar-refractivity contribution >= 4 is 5.91 Å². The molecule has 0 saturated carbocycles. The molecule has 3 atom stereocenters. The SMILES string of the molecule is NC(=O)C1=CC(n2ccnc2)N(C2CCN3CCCCC23)C=C1. The number of amides is 1. The summed E-state index contributed by atoms with van der Waals surface area (Å²) in [7, 11) is 0. The maximum Gasteiger partial charge on any atom is 0.248 e. The molecule has 0 radical (unpaired) electrons. The van der Waals surface area contributed by atoms with Crippen molar-refractivity contribution in [2.75, 3.05) is 13.1 Å². The van der Waals surface area contributed by atoms with Crippen LogP contribution in [0.1, 0.15) is 31.8 Å². The first-order valence-corrected chi connectivity index (χ1v) is 8.43. The Morgan fingerprint density at radius 1 is 1.22 bits per heavy atom. The van der Waals surface area contributed by atoms with Crippen LogP contribution in [-0.2, 0) is 4.79 Å². The summed E-state index contributed by atoms with van der Waals surface area (Å²) in [5.74, 6) is -0.378. The molecule has 0 bridgehead atoms. The van der Waals surface area contributed by atoms with E-state index in [1.165, 1.54) is 38.8 Å². The number of carbonyl (C=O) groups excluding carboxylic acids is 1. The second-order valence-corrected chi connectivity index (χ2v) is 6.63. The molecule has 3 unspecified atom stereocenters. The van der Waals surface area contributed by atoms with Crippen molar-refractivity contribution in [3.8, 4) is 0 Å². The molecule has 0 spiro atoms. The van der Waals surface area contributed by atoms with Gasteiger partial charge >= 0.3 is 0 Å². The van der Waals surface area contributed by atoms with E-state index >= 15 is 0 Å². The van der Waals surface area contributed by atoms with Crippen LogP contribution in [0.25, 0.3) is 0 Å². The summed E-state index contributed by atoms with van der Waals surface area (Å²) < 4.78 is 2.04. The fourth-order valence-corrected chi connectivity index (χ4v) is 4.26. The molecular formula is C17H23N5O. The number of imidazole rings is 1. The molecule has 2 fully saturated rings. The average Bonchev–Trinajstić information content (AvgIpc) is 3.24. The lowest BCUT2D eigenvalue weighted by Gasteiger charge is -2.42. The van der Waals surface area contributed by atoms with Crippen molar-refractivity contribution in [2.24, 2.45) is 5.73 Å². The topological polar surface area (TPSA) is 67.4 Å². The van der Waals surface area contributed by atoms with Crippen LogP contribution >= 0.6 is 0 Å². The van der Waals surface area contributed by atoms with Gasteiger partial charge in [-0.2, -0.15) is 0 Å². The van der Waals surface area contributed by atoms with Crippen molar-refractivity contribution in [3.63, 3.8) is 0 Å². The lowest BCUT2D eigenvalue weighted by atomic mass is 9.96. The molecule has 3 aliphatic heterocycles. The number of nitrogens with zero attached hydrogens (tertiary/aromatic N) is 4. The van der Waals surface area contributed by atoms with Crippen molar-refractivity contribution in [3.05, 3.63) is 42.6 Å². The summed E-state index contributed by atoms with van der Waals surface area (Å²) in [6.45, 7) is 2.39. The van der Waals surface area contributed by atoms with E-state index in [-0.39, 0.29) is 12.1 Å². The summed E-state index contributed by atoms with van der Waals surface area (Å²) in [5.41, 5.74) is 6.05. The number of carbonyl (C=O) groups is 1. The van der Waals surface area contributed by atoms with Gasteiger partial charge in [0.25, 0.3) is 0 Å². The van der Waals surface area contributed by atoms with Gasteiger partial charge in [0.2, 0.25) is 5.91 Å². The highest BCUT2D eigenvalue weighted by Crippen LogP contribution is 2.35. The van der Waals surface area contributed by atoms with Crippen LogP contribution in [0.4, 0.5) is 0 Å². The Labute approximate surface area is 136 Å². The molecule has 6 heteroatoms. The van der Waals surface area contributed by atoms with Gasteiger partial charge in [0, 0.05) is 42.8 Å². The van der Waals surface area contributed by atoms with E-state index < -0.39 is 0 Å². The maximum atomic E-state index is 11.6. The molecule has 1 amide bonds. The lowest BCUT2D eigenvalue weighted by molar-refractivity contribution is -0.114. The van der Waals surface area contributed by atoms with E-state index in [9.17, 15) is 4.79 Å². The second kappa shape index (κ2) is 5.85. The van der Waals surface area contributed by atoms with Gasteiger partial charge in [0.15, 0.2) is 0 Å². The van der Waals surface area contributed by atoms with Gasteiger partial charge in [0.05, 0.1) is 6.33 Å². The Balaban J connectivity index is 1.64. The predicted octanol–water partition coefficient (Wildman–Crippen LogP) is 1.25. The van der Waals surface area contributed by atoms with Crippen LogP contribution in [0.15, 0.2) is 42.6 Å². The Bertz CT molecular complexity index is 635. The molecule has 1 aromatic rings. The molecule has 2 saturated heterocycles. The Hall–Kier alpha value is -2.08. The van der Waals surface area contributed by atoms with E-state index in [0.717, 1.165) is 0 Å². The number of aromatic nitrogens is 2. The zero-order valence-corrected chi connectivity index (χ0v) is 13.2. The number of hydrogen-bond donors (Lipinski definition) is 1. The Morgan fingerprint density at radius 3 is 2.91 bits per heavy atom. The van der Waals surface area contributed by atoms with Crippen molar-refractivity contribution < 1.29 is 4.79 Å². The van der Waals surface area contributed by atoms with Crippen LogP contribution < -0.4 is 5.73 Å². The molecule has 1 aromatic heterocycles. The number of primary amides is 1. The van der Waals surface area contributed by atoms with Gasteiger partial charge in [-0.15, -0.1) is 0 Å². The second-order valence-electron chi connectivity index (χ2n) is 6.63. The fraction of sp³-hybridized carbons (Fsp3) is 0.529. The van der Waals surface area contributed by atoms with Crippen LogP contribution in [0.2, 0.25) is 0 Å².